The molecule has 0 aromatic heterocycles. The van der Waals surface area contributed by atoms with Crippen LogP contribution in [-0.2, 0) is 6.61 Å². The minimum absolute atomic E-state index is 0.0881. The Hall–Kier alpha value is -2.56. The van der Waals surface area contributed by atoms with E-state index in [0.29, 0.717) is 17.1 Å². The van der Waals surface area contributed by atoms with E-state index in [1.807, 2.05) is 6.92 Å². The van der Waals surface area contributed by atoms with Crippen molar-refractivity contribution in [3.8, 4) is 11.5 Å². The topological polar surface area (TPSA) is 55.8 Å². The summed E-state index contributed by atoms with van der Waals surface area (Å²) >= 11 is 0. The number of carbonyl (C=O) groups is 1. The fourth-order valence-corrected chi connectivity index (χ4v) is 1.90. The van der Waals surface area contributed by atoms with Gasteiger partial charge in [0.2, 0.25) is 0 Å². The van der Waals surface area contributed by atoms with Crippen molar-refractivity contribution in [3.63, 3.8) is 0 Å². The molecule has 1 N–H and O–H groups in total. The summed E-state index contributed by atoms with van der Waals surface area (Å²) in [7, 11) is 1.49. The zero-order valence-electron chi connectivity index (χ0n) is 11.7. The van der Waals surface area contributed by atoms with E-state index in [1.165, 1.54) is 37.4 Å². The van der Waals surface area contributed by atoms with Crippen molar-refractivity contribution < 1.29 is 23.8 Å². The van der Waals surface area contributed by atoms with E-state index >= 15 is 0 Å². The van der Waals surface area contributed by atoms with E-state index in [2.05, 4.69) is 0 Å². The summed E-state index contributed by atoms with van der Waals surface area (Å²) < 4.78 is 24.0. The second-order valence-electron chi connectivity index (χ2n) is 4.53. The minimum atomic E-state index is -1.02. The molecule has 0 unspecified atom stereocenters. The second-order valence-corrected chi connectivity index (χ2v) is 4.53. The second kappa shape index (κ2) is 6.26. The summed E-state index contributed by atoms with van der Waals surface area (Å²) in [5.41, 5.74) is 1.50. The maximum atomic E-state index is 13.3. The molecule has 2 rings (SSSR count). The highest BCUT2D eigenvalue weighted by Crippen LogP contribution is 2.24. The van der Waals surface area contributed by atoms with Gasteiger partial charge in [-0.05, 0) is 42.8 Å². The van der Waals surface area contributed by atoms with E-state index in [9.17, 15) is 9.18 Å². The molecular formula is C16H15FO4. The van der Waals surface area contributed by atoms with E-state index in [-0.39, 0.29) is 18.0 Å². The number of rotatable bonds is 5. The largest absolute Gasteiger partial charge is 0.496 e. The van der Waals surface area contributed by atoms with E-state index in [1.54, 1.807) is 6.07 Å². The number of aromatic carboxylic acids is 1. The number of hydrogen-bond donors (Lipinski definition) is 1. The third-order valence-electron chi connectivity index (χ3n) is 3.06. The van der Waals surface area contributed by atoms with Crippen molar-refractivity contribution in [2.75, 3.05) is 7.11 Å². The zero-order valence-corrected chi connectivity index (χ0v) is 11.7. The molecule has 0 bridgehead atoms. The molecule has 0 radical (unpaired) electrons. The van der Waals surface area contributed by atoms with Crippen LogP contribution in [0, 0.1) is 12.7 Å². The first-order valence-electron chi connectivity index (χ1n) is 6.30. The van der Waals surface area contributed by atoms with E-state index in [0.717, 1.165) is 5.56 Å². The van der Waals surface area contributed by atoms with Gasteiger partial charge in [-0.1, -0.05) is 6.07 Å². The van der Waals surface area contributed by atoms with Crippen molar-refractivity contribution in [2.24, 2.45) is 0 Å². The Morgan fingerprint density at radius 1 is 1.19 bits per heavy atom. The first-order chi connectivity index (χ1) is 10.0. The lowest BCUT2D eigenvalue weighted by Gasteiger charge is -2.12. The highest BCUT2D eigenvalue weighted by atomic mass is 19.1. The number of halogens is 1. The Balaban J connectivity index is 2.22. The maximum absolute atomic E-state index is 13.3. The monoisotopic (exact) mass is 290 g/mol. The lowest BCUT2D eigenvalue weighted by molar-refractivity contribution is 0.0696. The minimum Gasteiger partial charge on any atom is -0.496 e. The predicted octanol–water partition coefficient (Wildman–Crippen LogP) is 3.42. The van der Waals surface area contributed by atoms with Crippen LogP contribution in [0.25, 0.3) is 0 Å². The maximum Gasteiger partial charge on any atom is 0.335 e. The standard InChI is InChI=1S/C16H15FO4/c1-10-3-4-11(16(18)19)8-15(10)21-9-12-7-13(17)5-6-14(12)20-2/h3-8H,9H2,1-2H3,(H,18,19). The summed E-state index contributed by atoms with van der Waals surface area (Å²) in [6.07, 6.45) is 0. The van der Waals surface area contributed by atoms with Gasteiger partial charge in [-0.15, -0.1) is 0 Å². The molecule has 0 aliphatic carbocycles. The van der Waals surface area contributed by atoms with Crippen LogP contribution in [0.3, 0.4) is 0 Å². The van der Waals surface area contributed by atoms with Gasteiger partial charge < -0.3 is 14.6 Å². The van der Waals surface area contributed by atoms with Crippen LogP contribution >= 0.6 is 0 Å². The number of hydrogen-bond acceptors (Lipinski definition) is 3. The van der Waals surface area contributed by atoms with Crippen molar-refractivity contribution in [1.29, 1.82) is 0 Å². The number of methoxy groups -OCH3 is 1. The van der Waals surface area contributed by atoms with Gasteiger partial charge >= 0.3 is 5.97 Å². The molecule has 21 heavy (non-hydrogen) atoms. The predicted molar refractivity (Wildman–Crippen MR) is 75.4 cm³/mol. The number of benzene rings is 2. The SMILES string of the molecule is COc1ccc(F)cc1COc1cc(C(=O)O)ccc1C. The quantitative estimate of drug-likeness (QED) is 0.916. The average molecular weight is 290 g/mol. The molecule has 0 atom stereocenters. The molecule has 2 aromatic rings. The molecule has 5 heteroatoms. The normalized spacial score (nSPS) is 10.2. The van der Waals surface area contributed by atoms with Gasteiger partial charge in [-0.3, -0.25) is 0 Å². The smallest absolute Gasteiger partial charge is 0.335 e. The summed E-state index contributed by atoms with van der Waals surface area (Å²) in [4.78, 5) is 11.0. The number of ether oxygens (including phenoxy) is 2. The molecule has 0 saturated heterocycles. The Kier molecular flexibility index (Phi) is 4.42. The molecule has 2 aromatic carbocycles. The van der Waals surface area contributed by atoms with Crippen LogP contribution in [0.15, 0.2) is 36.4 Å². The van der Waals surface area contributed by atoms with Crippen molar-refractivity contribution in [1.82, 2.24) is 0 Å². The average Bonchev–Trinajstić information content (AvgIpc) is 2.46. The van der Waals surface area contributed by atoms with Gasteiger partial charge in [0.1, 0.15) is 23.9 Å². The molecule has 0 spiro atoms. The van der Waals surface area contributed by atoms with Crippen LogP contribution in [-0.4, -0.2) is 18.2 Å². The molecule has 110 valence electrons. The Bertz CT molecular complexity index is 667. The van der Waals surface area contributed by atoms with E-state index in [4.69, 9.17) is 14.6 Å². The first-order valence-corrected chi connectivity index (χ1v) is 6.30. The highest BCUT2D eigenvalue weighted by Gasteiger charge is 2.09. The van der Waals surface area contributed by atoms with Crippen LogP contribution in [0.4, 0.5) is 4.39 Å². The van der Waals surface area contributed by atoms with Gasteiger partial charge in [0.25, 0.3) is 0 Å². The molecule has 4 nitrogen and oxygen atoms in total. The molecule has 0 heterocycles. The van der Waals surface area contributed by atoms with Crippen molar-refractivity contribution in [3.05, 3.63) is 58.9 Å². The molecule has 0 aliphatic rings. The lowest BCUT2D eigenvalue weighted by atomic mass is 10.1. The van der Waals surface area contributed by atoms with Crippen molar-refractivity contribution >= 4 is 5.97 Å². The Morgan fingerprint density at radius 2 is 1.95 bits per heavy atom. The fourth-order valence-electron chi connectivity index (χ4n) is 1.90. The molecule has 0 aliphatic heterocycles. The van der Waals surface area contributed by atoms with Crippen LogP contribution in [0.1, 0.15) is 21.5 Å². The highest BCUT2D eigenvalue weighted by molar-refractivity contribution is 5.88. The Labute approximate surface area is 121 Å². The van der Waals surface area contributed by atoms with Gasteiger partial charge in [0.15, 0.2) is 0 Å². The first kappa shape index (κ1) is 14.8. The van der Waals surface area contributed by atoms with Crippen molar-refractivity contribution in [2.45, 2.75) is 13.5 Å². The third kappa shape index (κ3) is 3.51. The number of carboxylic acids is 1. The zero-order chi connectivity index (χ0) is 15.4. The number of carboxylic acid groups (broad SMARTS) is 1. The number of aryl methyl sites for hydroxylation is 1. The summed E-state index contributed by atoms with van der Waals surface area (Å²) in [5, 5.41) is 8.98. The van der Waals surface area contributed by atoms with Crippen LogP contribution < -0.4 is 9.47 Å². The van der Waals surface area contributed by atoms with Crippen LogP contribution in [0.5, 0.6) is 11.5 Å². The molecule has 0 saturated carbocycles. The molecular weight excluding hydrogens is 275 g/mol. The van der Waals surface area contributed by atoms with Gasteiger partial charge in [-0.2, -0.15) is 0 Å². The molecule has 0 fully saturated rings. The summed E-state index contributed by atoms with van der Waals surface area (Å²) in [6.45, 7) is 1.90. The Morgan fingerprint density at radius 3 is 2.62 bits per heavy atom. The van der Waals surface area contributed by atoms with E-state index < -0.39 is 5.97 Å². The summed E-state index contributed by atoms with van der Waals surface area (Å²) in [5.74, 6) is -0.446. The fraction of sp³-hybridized carbons (Fsp3) is 0.188. The lowest BCUT2D eigenvalue weighted by Crippen LogP contribution is -2.02. The summed E-state index contributed by atoms with van der Waals surface area (Å²) in [6, 6.07) is 8.78. The van der Waals surface area contributed by atoms with Crippen LogP contribution in [0.2, 0.25) is 0 Å². The van der Waals surface area contributed by atoms with Gasteiger partial charge in [0, 0.05) is 5.56 Å². The van der Waals surface area contributed by atoms with Gasteiger partial charge in [0.05, 0.1) is 12.7 Å². The molecule has 0 amide bonds. The van der Waals surface area contributed by atoms with Gasteiger partial charge in [-0.25, -0.2) is 9.18 Å². The third-order valence-corrected chi connectivity index (χ3v) is 3.06.